The zero-order valence-corrected chi connectivity index (χ0v) is 11.3. The molecule has 5 heteroatoms. The Labute approximate surface area is 106 Å². The van der Waals surface area contributed by atoms with Gasteiger partial charge in [-0.2, -0.15) is 11.8 Å². The molecule has 2 aliphatic rings. The zero-order valence-electron chi connectivity index (χ0n) is 10.4. The lowest BCUT2D eigenvalue weighted by Crippen LogP contribution is -2.56. The molecule has 0 aromatic heterocycles. The third-order valence-electron chi connectivity index (χ3n) is 3.67. The number of carbonyl (C=O) groups is 2. The molecule has 2 rings (SSSR count). The van der Waals surface area contributed by atoms with E-state index in [1.54, 1.807) is 7.05 Å². The molecule has 2 fully saturated rings. The molecule has 0 spiro atoms. The Balaban J connectivity index is 1.94. The predicted octanol–water partition coefficient (Wildman–Crippen LogP) is 1.01. The summed E-state index contributed by atoms with van der Waals surface area (Å²) in [6.45, 7) is 2.21. The van der Waals surface area contributed by atoms with E-state index < -0.39 is 0 Å². The summed E-state index contributed by atoms with van der Waals surface area (Å²) in [5, 5.41) is 4.00. The molecule has 3 atom stereocenters. The van der Waals surface area contributed by atoms with Crippen molar-refractivity contribution in [3.8, 4) is 0 Å². The van der Waals surface area contributed by atoms with Gasteiger partial charge in [0.25, 0.3) is 0 Å². The molecule has 2 saturated heterocycles. The lowest BCUT2D eigenvalue weighted by atomic mass is 10.0. The molecule has 2 heterocycles. The van der Waals surface area contributed by atoms with Crippen LogP contribution in [0.2, 0.25) is 0 Å². The van der Waals surface area contributed by atoms with Gasteiger partial charge in [0.05, 0.1) is 6.04 Å². The van der Waals surface area contributed by atoms with Gasteiger partial charge in [0, 0.05) is 24.8 Å². The third-order valence-corrected chi connectivity index (χ3v) is 5.05. The van der Waals surface area contributed by atoms with Crippen molar-refractivity contribution in [3.05, 3.63) is 0 Å². The van der Waals surface area contributed by atoms with Crippen LogP contribution >= 0.6 is 11.8 Å². The van der Waals surface area contributed by atoms with E-state index in [9.17, 15) is 9.59 Å². The Morgan fingerprint density at radius 3 is 2.82 bits per heavy atom. The van der Waals surface area contributed by atoms with Crippen molar-refractivity contribution in [2.45, 2.75) is 49.9 Å². The minimum atomic E-state index is -0.163. The standard InChI is InChI=1S/C12H20N2O2S/c1-8-9(4-3-7-17-8)13-10-5-6-11(15)14(2)12(10)16/h8-10,13H,3-7H2,1-2H3. The Morgan fingerprint density at radius 2 is 2.12 bits per heavy atom. The number of likely N-dealkylation sites (tertiary alicyclic amines) is 1. The Hall–Kier alpha value is -0.550. The number of carbonyl (C=O) groups excluding carboxylic acids is 2. The maximum Gasteiger partial charge on any atom is 0.246 e. The quantitative estimate of drug-likeness (QED) is 0.749. The van der Waals surface area contributed by atoms with E-state index in [0.29, 0.717) is 24.1 Å². The Bertz CT molecular complexity index is 322. The minimum absolute atomic E-state index is 0.0564. The van der Waals surface area contributed by atoms with E-state index in [1.807, 2.05) is 11.8 Å². The molecule has 0 saturated carbocycles. The maximum atomic E-state index is 12.0. The van der Waals surface area contributed by atoms with Gasteiger partial charge < -0.3 is 5.32 Å². The van der Waals surface area contributed by atoms with E-state index in [-0.39, 0.29) is 17.9 Å². The van der Waals surface area contributed by atoms with Crippen molar-refractivity contribution in [2.75, 3.05) is 12.8 Å². The molecule has 17 heavy (non-hydrogen) atoms. The van der Waals surface area contributed by atoms with Gasteiger partial charge in [-0.3, -0.25) is 14.5 Å². The molecule has 96 valence electrons. The second-order valence-corrected chi connectivity index (χ2v) is 6.36. The number of amides is 2. The number of piperidine rings is 1. The van der Waals surface area contributed by atoms with Crippen LogP contribution in [-0.4, -0.2) is 46.8 Å². The number of rotatable bonds is 2. The summed E-state index contributed by atoms with van der Waals surface area (Å²) >= 11 is 1.96. The second kappa shape index (κ2) is 5.40. The average Bonchev–Trinajstić information content (AvgIpc) is 2.32. The van der Waals surface area contributed by atoms with Gasteiger partial charge in [-0.1, -0.05) is 6.92 Å². The second-order valence-electron chi connectivity index (χ2n) is 4.87. The number of hydrogen-bond acceptors (Lipinski definition) is 4. The van der Waals surface area contributed by atoms with Crippen molar-refractivity contribution in [1.29, 1.82) is 0 Å². The topological polar surface area (TPSA) is 49.4 Å². The summed E-state index contributed by atoms with van der Waals surface area (Å²) in [4.78, 5) is 24.6. The number of nitrogens with one attached hydrogen (secondary N) is 1. The summed E-state index contributed by atoms with van der Waals surface area (Å²) in [6.07, 6.45) is 3.47. The largest absolute Gasteiger partial charge is 0.302 e. The predicted molar refractivity (Wildman–Crippen MR) is 68.9 cm³/mol. The van der Waals surface area contributed by atoms with Crippen LogP contribution in [0, 0.1) is 0 Å². The molecule has 1 N–H and O–H groups in total. The normalized spacial score (nSPS) is 35.2. The van der Waals surface area contributed by atoms with E-state index in [4.69, 9.17) is 0 Å². The van der Waals surface area contributed by atoms with E-state index in [0.717, 1.165) is 6.42 Å². The highest BCUT2D eigenvalue weighted by atomic mass is 32.2. The molecule has 2 aliphatic heterocycles. The molecule has 0 aliphatic carbocycles. The number of imide groups is 1. The van der Waals surface area contributed by atoms with Crippen LogP contribution in [-0.2, 0) is 9.59 Å². The average molecular weight is 256 g/mol. The summed E-state index contributed by atoms with van der Waals surface area (Å²) in [5.74, 6) is 1.10. The summed E-state index contributed by atoms with van der Waals surface area (Å²) in [7, 11) is 1.58. The first kappa shape index (κ1) is 12.9. The smallest absolute Gasteiger partial charge is 0.246 e. The van der Waals surface area contributed by atoms with E-state index in [2.05, 4.69) is 12.2 Å². The maximum absolute atomic E-state index is 12.0. The Kier molecular flexibility index (Phi) is 4.09. The first-order chi connectivity index (χ1) is 8.09. The number of hydrogen-bond donors (Lipinski definition) is 1. The summed E-state index contributed by atoms with van der Waals surface area (Å²) in [5.41, 5.74) is 0. The van der Waals surface area contributed by atoms with Gasteiger partial charge in [0.15, 0.2) is 0 Å². The molecule has 0 aromatic rings. The molecule has 2 amide bonds. The fraction of sp³-hybridized carbons (Fsp3) is 0.833. The van der Waals surface area contributed by atoms with Crippen LogP contribution in [0.4, 0.5) is 0 Å². The highest BCUT2D eigenvalue weighted by Crippen LogP contribution is 2.26. The molecular weight excluding hydrogens is 236 g/mol. The van der Waals surface area contributed by atoms with E-state index in [1.165, 1.54) is 17.1 Å². The van der Waals surface area contributed by atoms with Crippen molar-refractivity contribution in [1.82, 2.24) is 10.2 Å². The molecule has 3 unspecified atom stereocenters. The highest BCUT2D eigenvalue weighted by molar-refractivity contribution is 7.99. The van der Waals surface area contributed by atoms with Crippen LogP contribution in [0.25, 0.3) is 0 Å². The van der Waals surface area contributed by atoms with Gasteiger partial charge in [-0.25, -0.2) is 0 Å². The van der Waals surface area contributed by atoms with E-state index >= 15 is 0 Å². The van der Waals surface area contributed by atoms with Crippen LogP contribution < -0.4 is 5.32 Å². The molecule has 0 aromatic carbocycles. The highest BCUT2D eigenvalue weighted by Gasteiger charge is 2.34. The van der Waals surface area contributed by atoms with Crippen molar-refractivity contribution in [2.24, 2.45) is 0 Å². The lowest BCUT2D eigenvalue weighted by molar-refractivity contribution is -0.148. The van der Waals surface area contributed by atoms with Crippen molar-refractivity contribution in [3.63, 3.8) is 0 Å². The van der Waals surface area contributed by atoms with Gasteiger partial charge >= 0.3 is 0 Å². The fourth-order valence-corrected chi connectivity index (χ4v) is 3.62. The summed E-state index contributed by atoms with van der Waals surface area (Å²) in [6, 6.07) is 0.244. The van der Waals surface area contributed by atoms with Gasteiger partial charge in [-0.05, 0) is 25.0 Å². The van der Waals surface area contributed by atoms with Crippen molar-refractivity contribution < 1.29 is 9.59 Å². The molecule has 0 bridgehead atoms. The summed E-state index contributed by atoms with van der Waals surface area (Å²) < 4.78 is 0. The molecular formula is C12H20N2O2S. The minimum Gasteiger partial charge on any atom is -0.302 e. The Morgan fingerprint density at radius 1 is 1.35 bits per heavy atom. The van der Waals surface area contributed by atoms with Gasteiger partial charge in [0.1, 0.15) is 0 Å². The van der Waals surface area contributed by atoms with Crippen LogP contribution in [0.5, 0.6) is 0 Å². The fourth-order valence-electron chi connectivity index (χ4n) is 2.47. The molecule has 4 nitrogen and oxygen atoms in total. The van der Waals surface area contributed by atoms with Crippen LogP contribution in [0.3, 0.4) is 0 Å². The third kappa shape index (κ3) is 2.83. The van der Waals surface area contributed by atoms with Crippen molar-refractivity contribution >= 4 is 23.6 Å². The van der Waals surface area contributed by atoms with Gasteiger partial charge in [-0.15, -0.1) is 0 Å². The number of likely N-dealkylation sites (N-methyl/N-ethyl adjacent to an activating group) is 1. The zero-order chi connectivity index (χ0) is 12.4. The number of nitrogens with zero attached hydrogens (tertiary/aromatic N) is 1. The first-order valence-corrected chi connectivity index (χ1v) is 7.32. The monoisotopic (exact) mass is 256 g/mol. The first-order valence-electron chi connectivity index (χ1n) is 6.27. The van der Waals surface area contributed by atoms with Gasteiger partial charge in [0.2, 0.25) is 11.8 Å². The molecule has 0 radical (unpaired) electrons. The van der Waals surface area contributed by atoms with Crippen LogP contribution in [0.1, 0.15) is 32.6 Å². The number of thioether (sulfide) groups is 1. The SMILES string of the molecule is CC1SCCCC1NC1CCC(=O)N(C)C1=O. The lowest BCUT2D eigenvalue weighted by Gasteiger charge is -2.35. The van der Waals surface area contributed by atoms with Crippen LogP contribution in [0.15, 0.2) is 0 Å².